The van der Waals surface area contributed by atoms with Crippen LogP contribution in [0, 0.1) is 27.7 Å². The van der Waals surface area contributed by atoms with E-state index >= 15 is 0 Å². The van der Waals surface area contributed by atoms with Crippen molar-refractivity contribution in [3.63, 3.8) is 0 Å². The second-order valence-corrected chi connectivity index (χ2v) is 16.8. The number of ether oxygens (including phenoxy) is 1. The summed E-state index contributed by atoms with van der Waals surface area (Å²) < 4.78 is 17.7. The van der Waals surface area contributed by atoms with E-state index in [-0.39, 0.29) is 17.2 Å². The molecule has 2 N–H and O–H groups in total. The molecular weight excluding hydrogens is 845 g/mol. The van der Waals surface area contributed by atoms with Gasteiger partial charge in [0.05, 0.1) is 24.0 Å². The number of aromatic nitrogens is 2. The fourth-order valence-electron chi connectivity index (χ4n) is 5.60. The van der Waals surface area contributed by atoms with Gasteiger partial charge >= 0.3 is 13.1 Å². The number of rotatable bonds is 7. The highest BCUT2D eigenvalue weighted by atomic mass is 79.9. The Hall–Kier alpha value is -5.67. The third-order valence-electron chi connectivity index (χ3n) is 9.94. The smallest absolute Gasteiger partial charge is 0.465 e. The van der Waals surface area contributed by atoms with Crippen LogP contribution in [0.3, 0.4) is 0 Å². The van der Waals surface area contributed by atoms with Gasteiger partial charge < -0.3 is 19.8 Å². The van der Waals surface area contributed by atoms with Crippen LogP contribution in [0.15, 0.2) is 89.4 Å². The highest BCUT2D eigenvalue weighted by Gasteiger charge is 2.52. The molecule has 11 nitrogen and oxygen atoms in total. The number of nitrogen functional groups attached to an aromatic ring is 1. The van der Waals surface area contributed by atoms with E-state index in [1.807, 2.05) is 110 Å². The molecule has 3 heterocycles. The van der Waals surface area contributed by atoms with E-state index in [9.17, 15) is 24.0 Å². The van der Waals surface area contributed by atoms with Crippen molar-refractivity contribution < 1.29 is 38.0 Å². The average molecular weight is 893 g/mol. The van der Waals surface area contributed by atoms with Crippen molar-refractivity contribution in [3.8, 4) is 11.3 Å². The molecular formula is C46H47BBrN3O8S. The molecule has 14 heteroatoms. The molecule has 4 aromatic carbocycles. The first kappa shape index (κ1) is 47.0. The van der Waals surface area contributed by atoms with E-state index in [1.165, 1.54) is 24.0 Å². The first-order chi connectivity index (χ1) is 28.4. The number of esters is 1. The van der Waals surface area contributed by atoms with Crippen molar-refractivity contribution >= 4 is 87.1 Å². The molecule has 0 spiro atoms. The molecule has 0 atom stereocenters. The van der Waals surface area contributed by atoms with Crippen molar-refractivity contribution in [2.45, 2.75) is 66.6 Å². The van der Waals surface area contributed by atoms with E-state index < -0.39 is 13.1 Å². The topological polar surface area (TPSA) is 165 Å². The Morgan fingerprint density at radius 2 is 1.20 bits per heavy atom. The summed E-state index contributed by atoms with van der Waals surface area (Å²) >= 11 is 4.52. The minimum Gasteiger partial charge on any atom is -0.465 e. The maximum Gasteiger partial charge on any atom is 0.495 e. The molecule has 0 unspecified atom stereocenters. The van der Waals surface area contributed by atoms with Gasteiger partial charge in [0, 0.05) is 37.7 Å². The maximum atomic E-state index is 11.7. The zero-order chi connectivity index (χ0) is 44.4. The van der Waals surface area contributed by atoms with E-state index in [2.05, 4.69) is 25.9 Å². The van der Waals surface area contributed by atoms with Crippen LogP contribution in [-0.4, -0.2) is 66.5 Å². The third-order valence-corrected chi connectivity index (χ3v) is 11.8. The van der Waals surface area contributed by atoms with Crippen LogP contribution in [-0.2, 0) is 14.0 Å². The highest BCUT2D eigenvalue weighted by molar-refractivity contribution is 9.10. The van der Waals surface area contributed by atoms with Crippen LogP contribution in [0.5, 0.6) is 0 Å². The van der Waals surface area contributed by atoms with Gasteiger partial charge in [-0.25, -0.2) is 14.8 Å². The second-order valence-electron chi connectivity index (χ2n) is 14.9. The molecule has 310 valence electrons. The van der Waals surface area contributed by atoms with Gasteiger partial charge in [-0.15, -0.1) is 11.3 Å². The van der Waals surface area contributed by atoms with Gasteiger partial charge in [0.2, 0.25) is 5.95 Å². The summed E-state index contributed by atoms with van der Waals surface area (Å²) in [5, 5.41) is 0.704. The van der Waals surface area contributed by atoms with Crippen LogP contribution in [0.4, 0.5) is 5.95 Å². The number of nitrogens with zero attached hydrogens (tertiary/aromatic N) is 2. The standard InChI is InChI=1S/C16H13N3O3S.C14H19BO3.C8H7BrO.C8H8O/c1-8-3-4-9(7-20)5-10(8)13-11-6-12(15(21)22-2)23-14(11)19-16(17)18-13;1-10-6-7-11(9-16)8-12(10)15-17-13(2,3)14(4,5)18-15;1-6-2-3-7(5-10)4-8(6)9;1-7-2-4-8(6-9)5-3-7/h3-7H,1-2H3,(H2,17,18,19);6-9H,1-5H3;2-5H,1H3;2-6H,1H3. The number of hydrogen-bond donors (Lipinski definition) is 1. The molecule has 1 fully saturated rings. The number of carbonyl (C=O) groups excluding carboxylic acids is 5. The fourth-order valence-corrected chi connectivity index (χ4v) is 6.95. The quantitative estimate of drug-likeness (QED) is 0.0923. The molecule has 0 bridgehead atoms. The van der Waals surface area contributed by atoms with Gasteiger partial charge in [-0.1, -0.05) is 93.8 Å². The lowest BCUT2D eigenvalue weighted by Crippen LogP contribution is -2.41. The van der Waals surface area contributed by atoms with Crippen molar-refractivity contribution in [1.82, 2.24) is 9.97 Å². The lowest BCUT2D eigenvalue weighted by molar-refractivity contribution is 0.00578. The number of thiophene rings is 1. The lowest BCUT2D eigenvalue weighted by Gasteiger charge is -2.32. The number of aryl methyl sites for hydroxylation is 4. The summed E-state index contributed by atoms with van der Waals surface area (Å²) in [4.78, 5) is 63.5. The molecule has 0 amide bonds. The molecule has 1 saturated heterocycles. The first-order valence-corrected chi connectivity index (χ1v) is 20.3. The summed E-state index contributed by atoms with van der Waals surface area (Å²) in [5.74, 6) is -0.322. The lowest BCUT2D eigenvalue weighted by atomic mass is 9.75. The number of methoxy groups -OCH3 is 1. The molecule has 0 radical (unpaired) electrons. The summed E-state index contributed by atoms with van der Waals surface area (Å²) in [6.45, 7) is 16.0. The molecule has 0 aliphatic carbocycles. The van der Waals surface area contributed by atoms with Crippen LogP contribution in [0.25, 0.3) is 21.5 Å². The maximum absolute atomic E-state index is 11.7. The number of benzene rings is 4. The minimum atomic E-state index is -0.434. The van der Waals surface area contributed by atoms with E-state index in [4.69, 9.17) is 19.8 Å². The largest absolute Gasteiger partial charge is 0.495 e. The molecule has 2 aromatic heterocycles. The van der Waals surface area contributed by atoms with Gasteiger partial charge in [-0.3, -0.25) is 19.2 Å². The Morgan fingerprint density at radius 1 is 0.700 bits per heavy atom. The number of halogens is 1. The zero-order valence-corrected chi connectivity index (χ0v) is 37.4. The summed E-state index contributed by atoms with van der Waals surface area (Å²) in [5.41, 5.74) is 14.4. The zero-order valence-electron chi connectivity index (χ0n) is 35.0. The minimum absolute atomic E-state index is 0.113. The fraction of sp³-hybridized carbons (Fsp3) is 0.239. The summed E-state index contributed by atoms with van der Waals surface area (Å²) in [7, 11) is 0.917. The SMILES string of the molecule is COC(=O)c1cc2c(-c3cc(C=O)ccc3C)nc(N)nc2s1.Cc1ccc(C=O)cc1.Cc1ccc(C=O)cc1B1OC(C)(C)C(C)(C)O1.Cc1ccc(C=O)cc1Br. The number of fused-ring (bicyclic) bond motifs is 1. The van der Waals surface area contributed by atoms with Gasteiger partial charge in [-0.05, 0) is 90.2 Å². The van der Waals surface area contributed by atoms with Gasteiger partial charge in [0.15, 0.2) is 0 Å². The molecule has 1 aliphatic heterocycles. The van der Waals surface area contributed by atoms with E-state index in [1.54, 1.807) is 30.3 Å². The second kappa shape index (κ2) is 20.5. The highest BCUT2D eigenvalue weighted by Crippen LogP contribution is 2.37. The van der Waals surface area contributed by atoms with E-state index in [0.717, 1.165) is 62.9 Å². The van der Waals surface area contributed by atoms with Crippen molar-refractivity contribution in [2.75, 3.05) is 12.8 Å². The molecule has 0 saturated carbocycles. The monoisotopic (exact) mass is 891 g/mol. The number of carbonyl (C=O) groups is 5. The van der Waals surface area contributed by atoms with Crippen LogP contribution >= 0.6 is 27.3 Å². The van der Waals surface area contributed by atoms with Crippen LogP contribution < -0.4 is 11.2 Å². The van der Waals surface area contributed by atoms with Gasteiger partial charge in [-0.2, -0.15) is 0 Å². The van der Waals surface area contributed by atoms with Crippen molar-refractivity contribution in [3.05, 3.63) is 139 Å². The Labute approximate surface area is 363 Å². The van der Waals surface area contributed by atoms with Crippen molar-refractivity contribution in [2.24, 2.45) is 0 Å². The number of hydrogen-bond acceptors (Lipinski definition) is 12. The first-order valence-electron chi connectivity index (χ1n) is 18.7. The predicted molar refractivity (Wildman–Crippen MR) is 242 cm³/mol. The van der Waals surface area contributed by atoms with Crippen molar-refractivity contribution in [1.29, 1.82) is 0 Å². The molecule has 60 heavy (non-hydrogen) atoms. The average Bonchev–Trinajstić information content (AvgIpc) is 3.75. The third kappa shape index (κ3) is 11.8. The number of aldehydes is 4. The normalized spacial score (nSPS) is 13.3. The Bertz CT molecular complexity index is 2500. The predicted octanol–water partition coefficient (Wildman–Crippen LogP) is 9.33. The summed E-state index contributed by atoms with van der Waals surface area (Å²) in [6, 6.07) is 25.6. The van der Waals surface area contributed by atoms with Gasteiger partial charge in [0.1, 0.15) is 34.9 Å². The van der Waals surface area contributed by atoms with Gasteiger partial charge in [0.25, 0.3) is 0 Å². The number of anilines is 1. The molecule has 6 aromatic rings. The Balaban J connectivity index is 0.000000190. The summed E-state index contributed by atoms with van der Waals surface area (Å²) in [6.07, 6.45) is 3.30. The Morgan fingerprint density at radius 3 is 1.73 bits per heavy atom. The van der Waals surface area contributed by atoms with E-state index in [0.29, 0.717) is 37.5 Å². The number of nitrogens with two attached hydrogens (primary N) is 1. The Kier molecular flexibility index (Phi) is 16.1. The molecule has 1 aliphatic rings. The van der Waals surface area contributed by atoms with Crippen LogP contribution in [0.2, 0.25) is 0 Å². The van der Waals surface area contributed by atoms with Crippen LogP contribution in [0.1, 0.15) is 101 Å². The molecule has 7 rings (SSSR count).